The molecule has 1 aromatic carbocycles. The molecule has 0 N–H and O–H groups in total. The molecule has 1 aromatic rings. The number of esters is 1. The third-order valence-corrected chi connectivity index (χ3v) is 3.80. The molecule has 18 heavy (non-hydrogen) atoms. The maximum atomic E-state index is 12.1. The smallest absolute Gasteiger partial charge is 0.312 e. The molecule has 2 nitrogen and oxygen atoms in total. The van der Waals surface area contributed by atoms with Crippen molar-refractivity contribution in [2.75, 3.05) is 6.61 Å². The van der Waals surface area contributed by atoms with E-state index < -0.39 is 0 Å². The molecule has 0 spiro atoms. The molecule has 0 heterocycles. The lowest BCUT2D eigenvalue weighted by Gasteiger charge is -2.29. The Kier molecular flexibility index (Phi) is 5.90. The van der Waals surface area contributed by atoms with E-state index in [1.807, 2.05) is 25.1 Å². The Balaban J connectivity index is 2.71. The third kappa shape index (κ3) is 3.59. The Bertz CT molecular complexity index is 353. The van der Waals surface area contributed by atoms with Crippen molar-refractivity contribution in [3.63, 3.8) is 0 Å². The van der Waals surface area contributed by atoms with Crippen molar-refractivity contribution in [2.24, 2.45) is 5.41 Å². The first-order valence-electron chi connectivity index (χ1n) is 6.89. The number of ether oxygens (including phenoxy) is 1. The zero-order valence-electron chi connectivity index (χ0n) is 11.7. The quantitative estimate of drug-likeness (QED) is 0.682. The summed E-state index contributed by atoms with van der Waals surface area (Å²) in [5.74, 6) is -0.0362. The molecule has 1 rings (SSSR count). The van der Waals surface area contributed by atoms with Gasteiger partial charge >= 0.3 is 5.97 Å². The number of hydrogen-bond acceptors (Lipinski definition) is 2. The van der Waals surface area contributed by atoms with Crippen molar-refractivity contribution in [1.29, 1.82) is 0 Å². The van der Waals surface area contributed by atoms with E-state index in [-0.39, 0.29) is 11.4 Å². The predicted molar refractivity (Wildman–Crippen MR) is 74.4 cm³/mol. The predicted octanol–water partition coefficient (Wildman–Crippen LogP) is 3.99. The van der Waals surface area contributed by atoms with Crippen LogP contribution in [0, 0.1) is 5.41 Å². The summed E-state index contributed by atoms with van der Waals surface area (Å²) in [6.07, 6.45) is 3.48. The highest BCUT2D eigenvalue weighted by Gasteiger charge is 2.35. The molecule has 0 aromatic heterocycles. The number of rotatable bonds is 7. The zero-order chi connectivity index (χ0) is 13.4. The lowest BCUT2D eigenvalue weighted by atomic mass is 9.77. The molecule has 0 radical (unpaired) electrons. The van der Waals surface area contributed by atoms with Gasteiger partial charge < -0.3 is 4.74 Å². The van der Waals surface area contributed by atoms with Crippen LogP contribution in [-0.4, -0.2) is 12.6 Å². The summed E-state index contributed by atoms with van der Waals surface area (Å²) in [7, 11) is 0. The summed E-state index contributed by atoms with van der Waals surface area (Å²) < 4.78 is 5.24. The highest BCUT2D eigenvalue weighted by atomic mass is 16.5. The van der Waals surface area contributed by atoms with Crippen molar-refractivity contribution >= 4 is 5.97 Å². The average Bonchev–Trinajstić information content (AvgIpc) is 2.42. The van der Waals surface area contributed by atoms with Crippen LogP contribution in [0.25, 0.3) is 0 Å². The largest absolute Gasteiger partial charge is 0.466 e. The van der Waals surface area contributed by atoms with E-state index in [4.69, 9.17) is 4.74 Å². The van der Waals surface area contributed by atoms with E-state index >= 15 is 0 Å². The van der Waals surface area contributed by atoms with Gasteiger partial charge in [0.05, 0.1) is 12.0 Å². The molecule has 0 fully saturated rings. The first-order chi connectivity index (χ1) is 8.68. The second-order valence-corrected chi connectivity index (χ2v) is 4.69. The normalized spacial score (nSPS) is 11.3. The number of carbonyl (C=O) groups is 1. The van der Waals surface area contributed by atoms with Crippen molar-refractivity contribution in [3.05, 3.63) is 35.9 Å². The highest BCUT2D eigenvalue weighted by Crippen LogP contribution is 2.33. The molecule has 0 saturated carbocycles. The monoisotopic (exact) mass is 248 g/mol. The van der Waals surface area contributed by atoms with E-state index in [1.165, 1.54) is 5.56 Å². The molecule has 2 heteroatoms. The van der Waals surface area contributed by atoms with Gasteiger partial charge in [-0.25, -0.2) is 0 Å². The molecule has 0 aliphatic carbocycles. The topological polar surface area (TPSA) is 26.3 Å². The summed E-state index contributed by atoms with van der Waals surface area (Å²) in [4.78, 5) is 12.1. The summed E-state index contributed by atoms with van der Waals surface area (Å²) in [6, 6.07) is 10.3. The number of hydrogen-bond donors (Lipinski definition) is 0. The Morgan fingerprint density at radius 3 is 2.22 bits per heavy atom. The summed E-state index contributed by atoms with van der Waals surface area (Å²) in [5.41, 5.74) is 0.972. The standard InChI is InChI=1S/C16H24O2/c1-4-16(5-2,15(17)18-6-3)13-12-14-10-8-7-9-11-14/h7-11H,4-6,12-13H2,1-3H3. The molecule has 0 aliphatic rings. The Hall–Kier alpha value is -1.31. The summed E-state index contributed by atoms with van der Waals surface area (Å²) in [5, 5.41) is 0. The van der Waals surface area contributed by atoms with Crippen molar-refractivity contribution in [2.45, 2.75) is 46.5 Å². The Morgan fingerprint density at radius 1 is 1.11 bits per heavy atom. The SMILES string of the molecule is CCOC(=O)C(CC)(CC)CCc1ccccc1. The van der Waals surface area contributed by atoms with Crippen LogP contribution in [0.3, 0.4) is 0 Å². The minimum atomic E-state index is -0.314. The van der Waals surface area contributed by atoms with Gasteiger partial charge in [-0.15, -0.1) is 0 Å². The molecule has 0 saturated heterocycles. The molecule has 0 bridgehead atoms. The number of benzene rings is 1. The number of aryl methyl sites for hydroxylation is 1. The summed E-state index contributed by atoms with van der Waals surface area (Å²) in [6.45, 7) is 6.48. The van der Waals surface area contributed by atoms with Crippen LogP contribution < -0.4 is 0 Å². The lowest BCUT2D eigenvalue weighted by Crippen LogP contribution is -2.32. The highest BCUT2D eigenvalue weighted by molar-refractivity contribution is 5.76. The van der Waals surface area contributed by atoms with Crippen molar-refractivity contribution < 1.29 is 9.53 Å². The van der Waals surface area contributed by atoms with E-state index in [9.17, 15) is 4.79 Å². The molecule has 0 aliphatic heterocycles. The van der Waals surface area contributed by atoms with Crippen LogP contribution in [0.1, 0.15) is 45.6 Å². The minimum Gasteiger partial charge on any atom is -0.466 e. The van der Waals surface area contributed by atoms with Gasteiger partial charge in [0.25, 0.3) is 0 Å². The van der Waals surface area contributed by atoms with E-state index in [0.717, 1.165) is 25.7 Å². The van der Waals surface area contributed by atoms with Crippen molar-refractivity contribution in [3.8, 4) is 0 Å². The van der Waals surface area contributed by atoms with Gasteiger partial charge in [-0.3, -0.25) is 4.79 Å². The Morgan fingerprint density at radius 2 is 1.72 bits per heavy atom. The van der Waals surface area contributed by atoms with Crippen LogP contribution in [0.5, 0.6) is 0 Å². The van der Waals surface area contributed by atoms with Gasteiger partial charge in [-0.2, -0.15) is 0 Å². The van der Waals surface area contributed by atoms with Gasteiger partial charge in [0.2, 0.25) is 0 Å². The first kappa shape index (κ1) is 14.7. The van der Waals surface area contributed by atoms with E-state index in [1.54, 1.807) is 0 Å². The molecule has 0 atom stereocenters. The molecule has 0 amide bonds. The maximum absolute atomic E-state index is 12.1. The van der Waals surface area contributed by atoms with Gasteiger partial charge in [0, 0.05) is 0 Å². The summed E-state index contributed by atoms with van der Waals surface area (Å²) >= 11 is 0. The van der Waals surface area contributed by atoms with E-state index in [0.29, 0.717) is 6.61 Å². The van der Waals surface area contributed by atoms with E-state index in [2.05, 4.69) is 26.0 Å². The first-order valence-corrected chi connectivity index (χ1v) is 6.89. The zero-order valence-corrected chi connectivity index (χ0v) is 11.7. The Labute approximate surface area is 110 Å². The fourth-order valence-corrected chi connectivity index (χ4v) is 2.31. The van der Waals surface area contributed by atoms with Crippen LogP contribution in [-0.2, 0) is 16.0 Å². The van der Waals surface area contributed by atoms with Crippen LogP contribution in [0.4, 0.5) is 0 Å². The average molecular weight is 248 g/mol. The van der Waals surface area contributed by atoms with Crippen LogP contribution >= 0.6 is 0 Å². The lowest BCUT2D eigenvalue weighted by molar-refractivity contribution is -0.156. The van der Waals surface area contributed by atoms with Gasteiger partial charge in [-0.1, -0.05) is 44.2 Å². The molecular weight excluding hydrogens is 224 g/mol. The van der Waals surface area contributed by atoms with Gasteiger partial charge in [-0.05, 0) is 38.2 Å². The maximum Gasteiger partial charge on any atom is 0.312 e. The number of carbonyl (C=O) groups excluding carboxylic acids is 1. The third-order valence-electron chi connectivity index (χ3n) is 3.80. The van der Waals surface area contributed by atoms with Crippen LogP contribution in [0.15, 0.2) is 30.3 Å². The fraction of sp³-hybridized carbons (Fsp3) is 0.562. The second kappa shape index (κ2) is 7.20. The van der Waals surface area contributed by atoms with Gasteiger partial charge in [0.15, 0.2) is 0 Å². The second-order valence-electron chi connectivity index (χ2n) is 4.69. The van der Waals surface area contributed by atoms with Crippen molar-refractivity contribution in [1.82, 2.24) is 0 Å². The molecular formula is C16H24O2. The van der Waals surface area contributed by atoms with Crippen LogP contribution in [0.2, 0.25) is 0 Å². The van der Waals surface area contributed by atoms with Gasteiger partial charge in [0.1, 0.15) is 0 Å². The molecule has 100 valence electrons. The fourth-order valence-electron chi connectivity index (χ4n) is 2.31. The molecule has 0 unspecified atom stereocenters. The minimum absolute atomic E-state index is 0.0362.